The Bertz CT molecular complexity index is 519. The second-order valence-electron chi connectivity index (χ2n) is 8.18. The first-order chi connectivity index (χ1) is 13.1. The summed E-state index contributed by atoms with van der Waals surface area (Å²) in [4.78, 5) is 24.1. The van der Waals surface area contributed by atoms with Crippen molar-refractivity contribution in [1.82, 2.24) is 20.0 Å². The van der Waals surface area contributed by atoms with Crippen LogP contribution in [0.4, 0.5) is 0 Å². The number of carbonyl (C=O) groups excluding carboxylic acids is 1. The number of hydrogen-bond donors (Lipinski definition) is 2. The number of carbonyl (C=O) groups is 1. The largest absolute Gasteiger partial charge is 0.393 e. The molecule has 8 heteroatoms. The molecule has 3 fully saturated rings. The first-order valence-electron chi connectivity index (χ1n) is 10.8. The summed E-state index contributed by atoms with van der Waals surface area (Å²) in [6.07, 6.45) is 5.20. The normalized spacial score (nSPS) is 27.6. The summed E-state index contributed by atoms with van der Waals surface area (Å²) in [6, 6.07) is -0.0293. The van der Waals surface area contributed by atoms with Crippen LogP contribution in [-0.4, -0.2) is 96.2 Å². The molecule has 2 heterocycles. The number of rotatable bonds is 5. The molecule has 3 unspecified atom stereocenters. The molecule has 7 nitrogen and oxygen atoms in total. The number of amides is 1. The lowest BCUT2D eigenvalue weighted by molar-refractivity contribution is -0.135. The number of piperazine rings is 1. The van der Waals surface area contributed by atoms with Crippen LogP contribution in [0.2, 0.25) is 0 Å². The van der Waals surface area contributed by atoms with Gasteiger partial charge < -0.3 is 20.2 Å². The third-order valence-electron chi connectivity index (χ3n) is 6.37. The van der Waals surface area contributed by atoms with Gasteiger partial charge in [-0.2, -0.15) is 0 Å². The lowest BCUT2D eigenvalue weighted by Gasteiger charge is -2.39. The van der Waals surface area contributed by atoms with Gasteiger partial charge >= 0.3 is 0 Å². The Kier molecular flexibility index (Phi) is 9.76. The average Bonchev–Trinajstić information content (AvgIpc) is 3.36. The fraction of sp³-hybridized carbons (Fsp3) is 0.900. The Morgan fingerprint density at radius 3 is 2.32 bits per heavy atom. The molecule has 28 heavy (non-hydrogen) atoms. The van der Waals surface area contributed by atoms with Crippen molar-refractivity contribution in [3.05, 3.63) is 0 Å². The zero-order valence-corrected chi connectivity index (χ0v) is 19.8. The van der Waals surface area contributed by atoms with Gasteiger partial charge in [-0.25, -0.2) is 0 Å². The van der Waals surface area contributed by atoms with Crippen molar-refractivity contribution in [1.29, 1.82) is 0 Å². The number of nitrogens with one attached hydrogen (secondary N) is 1. The van der Waals surface area contributed by atoms with Gasteiger partial charge in [0, 0.05) is 58.3 Å². The lowest BCUT2D eigenvalue weighted by atomic mass is 10.1. The van der Waals surface area contributed by atoms with E-state index in [0.717, 1.165) is 83.9 Å². The Labute approximate surface area is 186 Å². The van der Waals surface area contributed by atoms with Gasteiger partial charge in [-0.1, -0.05) is 6.42 Å². The highest BCUT2D eigenvalue weighted by Crippen LogP contribution is 2.25. The predicted molar refractivity (Wildman–Crippen MR) is 123 cm³/mol. The number of hydrogen-bond acceptors (Lipinski definition) is 4. The molecule has 0 aromatic rings. The molecule has 162 valence electrons. The number of aliphatic hydroxyl groups is 1. The van der Waals surface area contributed by atoms with E-state index >= 15 is 0 Å². The van der Waals surface area contributed by atoms with Crippen LogP contribution in [0.1, 0.15) is 46.0 Å². The minimum Gasteiger partial charge on any atom is -0.393 e. The second kappa shape index (κ2) is 11.5. The van der Waals surface area contributed by atoms with E-state index in [1.54, 1.807) is 0 Å². The van der Waals surface area contributed by atoms with Crippen molar-refractivity contribution < 1.29 is 9.90 Å². The topological polar surface area (TPSA) is 71.4 Å². The molecule has 0 aromatic heterocycles. The van der Waals surface area contributed by atoms with Crippen molar-refractivity contribution in [3.8, 4) is 0 Å². The molecule has 3 atom stereocenters. The number of aliphatic hydroxyl groups excluding tert-OH is 1. The smallest absolute Gasteiger partial charge is 0.239 e. The van der Waals surface area contributed by atoms with Crippen LogP contribution < -0.4 is 5.32 Å². The van der Waals surface area contributed by atoms with E-state index in [2.05, 4.69) is 29.0 Å². The summed E-state index contributed by atoms with van der Waals surface area (Å²) in [5, 5.41) is 13.4. The molecule has 3 rings (SSSR count). The van der Waals surface area contributed by atoms with Gasteiger partial charge in [0.2, 0.25) is 5.91 Å². The van der Waals surface area contributed by atoms with E-state index in [9.17, 15) is 9.90 Å². The SMILES string of the molecule is CCNC(=NCC1CCCC1O)N1CCN(C(C)C(=O)N2CCCC2)CC1.I. The van der Waals surface area contributed by atoms with E-state index in [-0.39, 0.29) is 42.0 Å². The zero-order chi connectivity index (χ0) is 19.2. The molecule has 0 spiro atoms. The summed E-state index contributed by atoms with van der Waals surface area (Å²) in [5.41, 5.74) is 0. The number of likely N-dealkylation sites (tertiary alicyclic amines) is 1. The molecule has 2 N–H and O–H groups in total. The second-order valence-corrected chi connectivity index (χ2v) is 8.18. The van der Waals surface area contributed by atoms with Crippen molar-refractivity contribution in [2.24, 2.45) is 10.9 Å². The highest BCUT2D eigenvalue weighted by Gasteiger charge is 2.31. The molecule has 0 bridgehead atoms. The molecule has 1 amide bonds. The van der Waals surface area contributed by atoms with Crippen LogP contribution in [-0.2, 0) is 4.79 Å². The molecule has 0 aromatic carbocycles. The van der Waals surface area contributed by atoms with Crippen molar-refractivity contribution in [2.75, 3.05) is 52.4 Å². The van der Waals surface area contributed by atoms with E-state index < -0.39 is 0 Å². The first kappa shape index (κ1) is 23.7. The highest BCUT2D eigenvalue weighted by atomic mass is 127. The fourth-order valence-electron chi connectivity index (χ4n) is 4.54. The van der Waals surface area contributed by atoms with E-state index in [1.807, 2.05) is 4.90 Å². The minimum absolute atomic E-state index is 0. The number of aliphatic imine (C=N–C) groups is 1. The molecular weight excluding hydrogens is 469 g/mol. The van der Waals surface area contributed by atoms with E-state index in [4.69, 9.17) is 4.99 Å². The van der Waals surface area contributed by atoms with Gasteiger partial charge in [-0.3, -0.25) is 14.7 Å². The third-order valence-corrected chi connectivity index (χ3v) is 6.37. The maximum absolute atomic E-state index is 12.7. The van der Waals surface area contributed by atoms with Crippen molar-refractivity contribution >= 4 is 35.8 Å². The average molecular weight is 507 g/mol. The molecule has 0 radical (unpaired) electrons. The summed E-state index contributed by atoms with van der Waals surface area (Å²) in [7, 11) is 0. The van der Waals surface area contributed by atoms with Crippen LogP contribution in [0.5, 0.6) is 0 Å². The van der Waals surface area contributed by atoms with Crippen LogP contribution in [0, 0.1) is 5.92 Å². The summed E-state index contributed by atoms with van der Waals surface area (Å²) in [5.74, 6) is 1.55. The quantitative estimate of drug-likeness (QED) is 0.334. The van der Waals surface area contributed by atoms with Crippen LogP contribution >= 0.6 is 24.0 Å². The monoisotopic (exact) mass is 507 g/mol. The predicted octanol–water partition coefficient (Wildman–Crippen LogP) is 1.36. The van der Waals surface area contributed by atoms with Gasteiger partial charge in [-0.05, 0) is 39.5 Å². The van der Waals surface area contributed by atoms with Gasteiger partial charge in [0.05, 0.1) is 12.1 Å². The zero-order valence-electron chi connectivity index (χ0n) is 17.5. The highest BCUT2D eigenvalue weighted by molar-refractivity contribution is 14.0. The van der Waals surface area contributed by atoms with Crippen LogP contribution in [0.25, 0.3) is 0 Å². The molecule has 1 saturated carbocycles. The Morgan fingerprint density at radius 1 is 1.07 bits per heavy atom. The molecule has 1 aliphatic carbocycles. The Balaban J connectivity index is 0.00000280. The fourth-order valence-corrected chi connectivity index (χ4v) is 4.54. The molecule has 3 aliphatic rings. The third kappa shape index (κ3) is 5.95. The Morgan fingerprint density at radius 2 is 1.75 bits per heavy atom. The van der Waals surface area contributed by atoms with Gasteiger partial charge in [0.15, 0.2) is 5.96 Å². The molecule has 2 aliphatic heterocycles. The lowest BCUT2D eigenvalue weighted by Crippen LogP contribution is -2.57. The minimum atomic E-state index is -0.189. The summed E-state index contributed by atoms with van der Waals surface area (Å²) in [6.45, 7) is 11.1. The molecule has 2 saturated heterocycles. The first-order valence-corrected chi connectivity index (χ1v) is 10.8. The molecular formula is C20H38IN5O2. The maximum atomic E-state index is 12.7. The van der Waals surface area contributed by atoms with Crippen molar-refractivity contribution in [2.45, 2.75) is 58.1 Å². The number of halogens is 1. The van der Waals surface area contributed by atoms with Gasteiger partial charge in [0.25, 0.3) is 0 Å². The van der Waals surface area contributed by atoms with Crippen molar-refractivity contribution in [3.63, 3.8) is 0 Å². The van der Waals surface area contributed by atoms with E-state index in [0.29, 0.717) is 12.5 Å². The van der Waals surface area contributed by atoms with Crippen LogP contribution in [0.3, 0.4) is 0 Å². The maximum Gasteiger partial charge on any atom is 0.239 e. The number of guanidine groups is 1. The summed E-state index contributed by atoms with van der Waals surface area (Å²) < 4.78 is 0. The van der Waals surface area contributed by atoms with Gasteiger partial charge in [-0.15, -0.1) is 24.0 Å². The van der Waals surface area contributed by atoms with Crippen LogP contribution in [0.15, 0.2) is 4.99 Å². The number of nitrogens with zero attached hydrogens (tertiary/aromatic N) is 4. The standard InChI is InChI=1S/C20H37N5O2.HI/c1-3-21-20(22-15-17-7-6-8-18(17)26)25-13-11-23(12-14-25)16(2)19(27)24-9-4-5-10-24;/h16-18,26H,3-15H2,1-2H3,(H,21,22);1H. The Hall–Kier alpha value is -0.610. The summed E-state index contributed by atoms with van der Waals surface area (Å²) >= 11 is 0. The van der Waals surface area contributed by atoms with Gasteiger partial charge in [0.1, 0.15) is 0 Å². The van der Waals surface area contributed by atoms with E-state index in [1.165, 1.54) is 0 Å².